The SMILES string of the molecule is [2H]c1nc([2H])c(Br)c([2H])c1Cl. The highest BCUT2D eigenvalue weighted by molar-refractivity contribution is 9.10. The van der Waals surface area contributed by atoms with Crippen LogP contribution in [0, 0.1) is 0 Å². The van der Waals surface area contributed by atoms with Gasteiger partial charge < -0.3 is 0 Å². The molecule has 1 aromatic rings. The van der Waals surface area contributed by atoms with Crippen molar-refractivity contribution in [2.75, 3.05) is 0 Å². The molecule has 8 heavy (non-hydrogen) atoms. The van der Waals surface area contributed by atoms with Crippen molar-refractivity contribution >= 4 is 27.5 Å². The molecule has 0 unspecified atom stereocenters. The van der Waals surface area contributed by atoms with E-state index in [0.29, 0.717) is 0 Å². The van der Waals surface area contributed by atoms with Gasteiger partial charge >= 0.3 is 0 Å². The van der Waals surface area contributed by atoms with Crippen LogP contribution in [0.15, 0.2) is 22.9 Å². The van der Waals surface area contributed by atoms with Crippen molar-refractivity contribution in [2.45, 2.75) is 0 Å². The number of rotatable bonds is 0. The van der Waals surface area contributed by atoms with Gasteiger partial charge in [0.1, 0.15) is 0 Å². The highest BCUT2D eigenvalue weighted by atomic mass is 79.9. The van der Waals surface area contributed by atoms with Crippen LogP contribution >= 0.6 is 27.5 Å². The summed E-state index contributed by atoms with van der Waals surface area (Å²) < 4.78 is 21.7. The lowest BCUT2D eigenvalue weighted by Gasteiger charge is -1.86. The summed E-state index contributed by atoms with van der Waals surface area (Å²) in [5.74, 6) is 0. The van der Waals surface area contributed by atoms with Crippen molar-refractivity contribution in [3.8, 4) is 0 Å². The molecular formula is C5H3BrClN. The summed E-state index contributed by atoms with van der Waals surface area (Å²) in [7, 11) is 0. The largest absolute Gasteiger partial charge is 0.262 e. The number of pyridine rings is 1. The minimum absolute atomic E-state index is 0.0344. The lowest BCUT2D eigenvalue weighted by molar-refractivity contribution is 1.31. The van der Waals surface area contributed by atoms with Crippen molar-refractivity contribution in [3.05, 3.63) is 27.9 Å². The van der Waals surface area contributed by atoms with Crippen LogP contribution in [0.25, 0.3) is 0 Å². The zero-order chi connectivity index (χ0) is 8.59. The molecule has 0 fully saturated rings. The van der Waals surface area contributed by atoms with Gasteiger partial charge in [0, 0.05) is 16.8 Å². The van der Waals surface area contributed by atoms with Gasteiger partial charge in [-0.15, -0.1) is 0 Å². The standard InChI is InChI=1S/C5H3BrClN/c6-4-1-5(7)3-8-2-4/h1-3H/i1D,2D,3D. The predicted molar refractivity (Wildman–Crippen MR) is 36.9 cm³/mol. The predicted octanol–water partition coefficient (Wildman–Crippen LogP) is 2.50. The van der Waals surface area contributed by atoms with Crippen LogP contribution in [0.4, 0.5) is 0 Å². The van der Waals surface area contributed by atoms with Crippen LogP contribution in [-0.2, 0) is 0 Å². The fraction of sp³-hybridized carbons (Fsp3) is 0. The van der Waals surface area contributed by atoms with Gasteiger partial charge in [0.25, 0.3) is 0 Å². The fourth-order valence-electron chi connectivity index (χ4n) is 0.278. The molecule has 0 radical (unpaired) electrons. The first-order valence-corrected chi connectivity index (χ1v) is 3.00. The molecule has 0 atom stereocenters. The van der Waals surface area contributed by atoms with E-state index in [4.69, 9.17) is 15.7 Å². The second-order valence-corrected chi connectivity index (χ2v) is 2.26. The summed E-state index contributed by atoms with van der Waals surface area (Å²) in [6, 6.07) is -0.0586. The average molecular weight is 195 g/mol. The van der Waals surface area contributed by atoms with Crippen LogP contribution in [0.5, 0.6) is 0 Å². The number of hydrogen-bond acceptors (Lipinski definition) is 1. The highest BCUT2D eigenvalue weighted by Crippen LogP contribution is 2.12. The van der Waals surface area contributed by atoms with E-state index in [1.54, 1.807) is 0 Å². The van der Waals surface area contributed by atoms with E-state index in [0.717, 1.165) is 0 Å². The third kappa shape index (κ3) is 1.46. The lowest BCUT2D eigenvalue weighted by Crippen LogP contribution is -1.68. The highest BCUT2D eigenvalue weighted by Gasteiger charge is 1.85. The monoisotopic (exact) mass is 194 g/mol. The molecule has 0 aliphatic heterocycles. The molecule has 0 amide bonds. The molecule has 0 aliphatic carbocycles. The Hall–Kier alpha value is -0.0800. The molecule has 3 heteroatoms. The van der Waals surface area contributed by atoms with Crippen molar-refractivity contribution in [1.82, 2.24) is 4.98 Å². The van der Waals surface area contributed by atoms with Gasteiger partial charge in [-0.25, -0.2) is 0 Å². The Morgan fingerprint density at radius 2 is 2.50 bits per heavy atom. The van der Waals surface area contributed by atoms with E-state index in [2.05, 4.69) is 20.9 Å². The first kappa shape index (κ1) is 3.18. The number of halogens is 2. The molecule has 0 bridgehead atoms. The van der Waals surface area contributed by atoms with E-state index in [1.165, 1.54) is 0 Å². The molecule has 1 heterocycles. The van der Waals surface area contributed by atoms with Gasteiger partial charge in [-0.3, -0.25) is 4.98 Å². The second-order valence-electron chi connectivity index (χ2n) is 1.09. The van der Waals surface area contributed by atoms with Crippen LogP contribution < -0.4 is 0 Å². The zero-order valence-corrected chi connectivity index (χ0v) is 6.05. The molecule has 1 aromatic heterocycles. The van der Waals surface area contributed by atoms with E-state index in [-0.39, 0.29) is 27.9 Å². The van der Waals surface area contributed by atoms with Gasteiger partial charge in [0.05, 0.1) is 9.13 Å². The molecule has 42 valence electrons. The fourth-order valence-corrected chi connectivity index (χ4v) is 0.816. The smallest absolute Gasteiger partial charge is 0.0856 e. The summed E-state index contributed by atoms with van der Waals surface area (Å²) in [5, 5.41) is -0.0344. The van der Waals surface area contributed by atoms with E-state index in [9.17, 15) is 0 Å². The molecule has 0 N–H and O–H groups in total. The van der Waals surface area contributed by atoms with Crippen molar-refractivity contribution < 1.29 is 4.11 Å². The first-order chi connectivity index (χ1) is 5.04. The van der Waals surface area contributed by atoms with E-state index >= 15 is 0 Å². The van der Waals surface area contributed by atoms with Gasteiger partial charge in [-0.2, -0.15) is 0 Å². The minimum atomic E-state index is -0.232. The van der Waals surface area contributed by atoms with Crippen molar-refractivity contribution in [3.63, 3.8) is 0 Å². The van der Waals surface area contributed by atoms with Gasteiger partial charge in [-0.1, -0.05) is 11.6 Å². The number of nitrogens with zero attached hydrogens (tertiary/aromatic N) is 1. The molecule has 0 saturated heterocycles. The van der Waals surface area contributed by atoms with Gasteiger partial charge in [-0.05, 0) is 22.0 Å². The first-order valence-electron chi connectivity index (χ1n) is 3.33. The molecule has 1 rings (SSSR count). The number of aromatic nitrogens is 1. The zero-order valence-electron chi connectivity index (χ0n) is 6.70. The molecule has 0 aromatic carbocycles. The maximum Gasteiger partial charge on any atom is 0.0856 e. The normalized spacial score (nSPS) is 14.5. The van der Waals surface area contributed by atoms with Crippen molar-refractivity contribution in [2.24, 2.45) is 0 Å². The van der Waals surface area contributed by atoms with Gasteiger partial charge in [0.2, 0.25) is 0 Å². The van der Waals surface area contributed by atoms with E-state index < -0.39 is 0 Å². The second kappa shape index (κ2) is 2.46. The Kier molecular flexibility index (Phi) is 0.980. The summed E-state index contributed by atoms with van der Waals surface area (Å²) >= 11 is 8.46. The molecule has 0 saturated carbocycles. The van der Waals surface area contributed by atoms with Crippen LogP contribution in [0.1, 0.15) is 4.11 Å². The Morgan fingerprint density at radius 1 is 1.75 bits per heavy atom. The van der Waals surface area contributed by atoms with Crippen LogP contribution in [-0.4, -0.2) is 4.98 Å². The Bertz CT molecular complexity index is 278. The lowest BCUT2D eigenvalue weighted by atomic mass is 10.5. The summed E-state index contributed by atoms with van der Waals surface area (Å²) in [6.45, 7) is 0. The topological polar surface area (TPSA) is 12.9 Å². The van der Waals surface area contributed by atoms with E-state index in [1.807, 2.05) is 0 Å². The molecule has 1 nitrogen and oxygen atoms in total. The Labute approximate surface area is 65.0 Å². The maximum atomic E-state index is 7.27. The van der Waals surface area contributed by atoms with Crippen molar-refractivity contribution in [1.29, 1.82) is 0 Å². The van der Waals surface area contributed by atoms with Crippen LogP contribution in [0.2, 0.25) is 5.02 Å². The Balaban J connectivity index is 3.46. The Morgan fingerprint density at radius 3 is 3.25 bits per heavy atom. The average Bonchev–Trinajstić information content (AvgIpc) is 1.97. The quantitative estimate of drug-likeness (QED) is 0.620. The summed E-state index contributed by atoms with van der Waals surface area (Å²) in [4.78, 5) is 3.47. The summed E-state index contributed by atoms with van der Waals surface area (Å²) in [5.41, 5.74) is 0. The van der Waals surface area contributed by atoms with Gasteiger partial charge in [0.15, 0.2) is 0 Å². The molecule has 0 spiro atoms. The third-order valence-corrected chi connectivity index (χ3v) is 1.08. The van der Waals surface area contributed by atoms with Crippen LogP contribution in [0.3, 0.4) is 0 Å². The molecular weight excluding hydrogens is 189 g/mol. The maximum absolute atomic E-state index is 7.27. The number of hydrogen-bond donors (Lipinski definition) is 0. The molecule has 0 aliphatic rings. The third-order valence-electron chi connectivity index (χ3n) is 0.528. The minimum Gasteiger partial charge on any atom is -0.262 e. The summed E-state index contributed by atoms with van der Waals surface area (Å²) in [6.07, 6.45) is -0.366.